The van der Waals surface area contributed by atoms with Gasteiger partial charge in [0.25, 0.3) is 17.4 Å². The normalized spacial score (nSPS) is 10.3. The summed E-state index contributed by atoms with van der Waals surface area (Å²) in [5, 5.41) is 8.33. The van der Waals surface area contributed by atoms with Gasteiger partial charge in [-0.3, -0.25) is 14.4 Å². The number of hydrogen-bond donors (Lipinski definition) is 2. The maximum absolute atomic E-state index is 12.2. The number of nitrogens with zero attached hydrogens (tertiary/aromatic N) is 2. The number of primary amides is 1. The zero-order chi connectivity index (χ0) is 20.8. The van der Waals surface area contributed by atoms with Gasteiger partial charge in [0, 0.05) is 6.07 Å². The first-order valence-corrected chi connectivity index (χ1v) is 9.28. The van der Waals surface area contributed by atoms with Crippen LogP contribution in [0.2, 0.25) is 0 Å². The molecule has 29 heavy (non-hydrogen) atoms. The summed E-state index contributed by atoms with van der Waals surface area (Å²) in [5.74, 6) is -2.17. The quantitative estimate of drug-likeness (QED) is 0.561. The lowest BCUT2D eigenvalue weighted by Crippen LogP contribution is -2.27. The Balaban J connectivity index is 1.62. The molecule has 0 spiro atoms. The number of rotatable bonds is 7. The van der Waals surface area contributed by atoms with Crippen LogP contribution in [0.15, 0.2) is 58.7 Å². The molecule has 2 heterocycles. The molecule has 0 saturated carbocycles. The number of esters is 1. The van der Waals surface area contributed by atoms with E-state index in [9.17, 15) is 19.2 Å². The molecule has 3 aromatic rings. The van der Waals surface area contributed by atoms with Crippen LogP contribution in [0.4, 0.5) is 5.00 Å². The third kappa shape index (κ3) is 5.14. The summed E-state index contributed by atoms with van der Waals surface area (Å²) in [7, 11) is 0. The molecule has 0 aliphatic heterocycles. The van der Waals surface area contributed by atoms with E-state index >= 15 is 0 Å². The molecule has 148 valence electrons. The van der Waals surface area contributed by atoms with Gasteiger partial charge in [-0.25, -0.2) is 9.48 Å². The molecule has 3 N–H and O–H groups in total. The number of hydrogen-bond acceptors (Lipinski definition) is 7. The van der Waals surface area contributed by atoms with Crippen molar-refractivity contribution in [2.45, 2.75) is 6.54 Å². The SMILES string of the molecule is NC(=O)c1ccsc1NC(=O)COC(=O)c1ccc(=O)n(Cc2ccccc2)n1. The molecule has 0 bridgehead atoms. The Morgan fingerprint density at radius 2 is 1.86 bits per heavy atom. The van der Waals surface area contributed by atoms with E-state index in [1.165, 1.54) is 18.2 Å². The topological polar surface area (TPSA) is 133 Å². The summed E-state index contributed by atoms with van der Waals surface area (Å²) >= 11 is 1.12. The number of anilines is 1. The van der Waals surface area contributed by atoms with E-state index in [2.05, 4.69) is 10.4 Å². The smallest absolute Gasteiger partial charge is 0.359 e. The molecule has 0 unspecified atom stereocenters. The highest BCUT2D eigenvalue weighted by Crippen LogP contribution is 2.22. The van der Waals surface area contributed by atoms with Crippen LogP contribution in [0.1, 0.15) is 26.4 Å². The van der Waals surface area contributed by atoms with Crippen molar-refractivity contribution in [3.05, 3.63) is 81.1 Å². The van der Waals surface area contributed by atoms with E-state index in [0.29, 0.717) is 0 Å². The molecule has 2 aromatic heterocycles. The maximum Gasteiger partial charge on any atom is 0.359 e. The van der Waals surface area contributed by atoms with Crippen molar-refractivity contribution in [2.75, 3.05) is 11.9 Å². The molecule has 0 saturated heterocycles. The Kier molecular flexibility index (Phi) is 6.15. The second-order valence-electron chi connectivity index (χ2n) is 5.85. The van der Waals surface area contributed by atoms with E-state index < -0.39 is 24.4 Å². The highest BCUT2D eigenvalue weighted by molar-refractivity contribution is 7.14. The fourth-order valence-corrected chi connectivity index (χ4v) is 3.20. The van der Waals surface area contributed by atoms with Crippen molar-refractivity contribution >= 4 is 34.1 Å². The van der Waals surface area contributed by atoms with Crippen molar-refractivity contribution in [3.63, 3.8) is 0 Å². The van der Waals surface area contributed by atoms with Crippen molar-refractivity contribution in [3.8, 4) is 0 Å². The second kappa shape index (κ2) is 8.93. The van der Waals surface area contributed by atoms with Gasteiger partial charge in [0.05, 0.1) is 12.1 Å². The fourth-order valence-electron chi connectivity index (χ4n) is 2.40. The van der Waals surface area contributed by atoms with Crippen molar-refractivity contribution in [2.24, 2.45) is 5.73 Å². The minimum absolute atomic E-state index is 0.109. The fraction of sp³-hybridized carbons (Fsp3) is 0.105. The summed E-state index contributed by atoms with van der Waals surface area (Å²) in [4.78, 5) is 47.4. The summed E-state index contributed by atoms with van der Waals surface area (Å²) in [5.41, 5.74) is 5.74. The van der Waals surface area contributed by atoms with E-state index in [4.69, 9.17) is 10.5 Å². The maximum atomic E-state index is 12.2. The first-order chi connectivity index (χ1) is 13.9. The number of benzene rings is 1. The zero-order valence-electron chi connectivity index (χ0n) is 15.0. The van der Waals surface area contributed by atoms with Gasteiger partial charge in [-0.15, -0.1) is 11.3 Å². The van der Waals surface area contributed by atoms with Crippen molar-refractivity contribution < 1.29 is 19.1 Å². The molecular weight excluding hydrogens is 396 g/mol. The molecule has 0 aliphatic carbocycles. The lowest BCUT2D eigenvalue weighted by atomic mass is 10.2. The number of ether oxygens (including phenoxy) is 1. The van der Waals surface area contributed by atoms with Crippen LogP contribution in [-0.2, 0) is 16.1 Å². The van der Waals surface area contributed by atoms with Gasteiger partial charge in [-0.2, -0.15) is 5.10 Å². The number of thiophene rings is 1. The minimum atomic E-state index is -0.858. The highest BCUT2D eigenvalue weighted by atomic mass is 32.1. The van der Waals surface area contributed by atoms with E-state index in [-0.39, 0.29) is 28.4 Å². The van der Waals surface area contributed by atoms with Crippen LogP contribution in [0, 0.1) is 0 Å². The molecule has 1 aromatic carbocycles. The van der Waals surface area contributed by atoms with Crippen LogP contribution >= 0.6 is 11.3 Å². The van der Waals surface area contributed by atoms with Gasteiger partial charge in [0.2, 0.25) is 0 Å². The third-order valence-electron chi connectivity index (χ3n) is 3.77. The Bertz CT molecular complexity index is 1110. The number of nitrogens with two attached hydrogens (primary N) is 1. The molecule has 3 rings (SSSR count). The van der Waals surface area contributed by atoms with Gasteiger partial charge in [-0.1, -0.05) is 30.3 Å². The monoisotopic (exact) mass is 412 g/mol. The van der Waals surface area contributed by atoms with Gasteiger partial charge in [0.1, 0.15) is 5.00 Å². The third-order valence-corrected chi connectivity index (χ3v) is 4.60. The lowest BCUT2D eigenvalue weighted by Gasteiger charge is -2.08. The average Bonchev–Trinajstić information content (AvgIpc) is 3.17. The summed E-state index contributed by atoms with van der Waals surface area (Å²) in [6.07, 6.45) is 0. The number of carbonyl (C=O) groups is 3. The van der Waals surface area contributed by atoms with E-state index in [1.807, 2.05) is 30.3 Å². The number of aromatic nitrogens is 2. The van der Waals surface area contributed by atoms with E-state index in [1.54, 1.807) is 5.38 Å². The van der Waals surface area contributed by atoms with E-state index in [0.717, 1.165) is 21.6 Å². The zero-order valence-corrected chi connectivity index (χ0v) is 15.8. The number of amides is 2. The standard InChI is InChI=1S/C19H16N4O5S/c20-17(26)13-8-9-29-18(13)21-15(24)11-28-19(27)14-6-7-16(25)23(22-14)10-12-4-2-1-3-5-12/h1-9H,10-11H2,(H2,20,26)(H,21,24). The molecule has 0 atom stereocenters. The summed E-state index contributed by atoms with van der Waals surface area (Å²) in [6.45, 7) is -0.399. The molecular formula is C19H16N4O5S. The molecule has 2 amide bonds. The van der Waals surface area contributed by atoms with Crippen molar-refractivity contribution in [1.82, 2.24) is 9.78 Å². The molecule has 0 radical (unpaired) electrons. The summed E-state index contributed by atoms with van der Waals surface area (Å²) < 4.78 is 6.08. The van der Waals surface area contributed by atoms with Crippen molar-refractivity contribution in [1.29, 1.82) is 0 Å². The number of nitrogens with one attached hydrogen (secondary N) is 1. The Morgan fingerprint density at radius 1 is 1.10 bits per heavy atom. The predicted molar refractivity (Wildman–Crippen MR) is 106 cm³/mol. The molecule has 0 fully saturated rings. The van der Waals surface area contributed by atoms with Crippen LogP contribution in [0.5, 0.6) is 0 Å². The first kappa shape index (κ1) is 20.0. The first-order valence-electron chi connectivity index (χ1n) is 8.40. The lowest BCUT2D eigenvalue weighted by molar-refractivity contribution is -0.119. The van der Waals surface area contributed by atoms with Crippen LogP contribution < -0.4 is 16.6 Å². The molecule has 10 heteroatoms. The highest BCUT2D eigenvalue weighted by Gasteiger charge is 2.16. The Hall–Kier alpha value is -3.79. The van der Waals surface area contributed by atoms with Crippen LogP contribution in [0.3, 0.4) is 0 Å². The van der Waals surface area contributed by atoms with Gasteiger partial charge in [-0.05, 0) is 23.1 Å². The van der Waals surface area contributed by atoms with Gasteiger partial charge < -0.3 is 15.8 Å². The summed E-state index contributed by atoms with van der Waals surface area (Å²) in [6, 6.07) is 13.1. The van der Waals surface area contributed by atoms with Crippen LogP contribution in [0.25, 0.3) is 0 Å². The van der Waals surface area contributed by atoms with Gasteiger partial charge in [0.15, 0.2) is 12.3 Å². The average molecular weight is 412 g/mol. The predicted octanol–water partition coefficient (Wildman–Crippen LogP) is 1.25. The van der Waals surface area contributed by atoms with Gasteiger partial charge >= 0.3 is 5.97 Å². The molecule has 9 nitrogen and oxygen atoms in total. The second-order valence-corrected chi connectivity index (χ2v) is 6.77. The molecule has 0 aliphatic rings. The Morgan fingerprint density at radius 3 is 2.59 bits per heavy atom. The largest absolute Gasteiger partial charge is 0.451 e. The minimum Gasteiger partial charge on any atom is -0.451 e. The number of carbonyl (C=O) groups excluding carboxylic acids is 3. The Labute approximate surface area is 168 Å². The van der Waals surface area contributed by atoms with Crippen LogP contribution in [-0.4, -0.2) is 34.2 Å².